The number of thioether (sulfide) groups is 1. The van der Waals surface area contributed by atoms with E-state index in [2.05, 4.69) is 17.1 Å². The van der Waals surface area contributed by atoms with E-state index < -0.39 is 5.54 Å². The highest BCUT2D eigenvalue weighted by Crippen LogP contribution is 2.42. The van der Waals surface area contributed by atoms with Gasteiger partial charge < -0.3 is 10.1 Å². The van der Waals surface area contributed by atoms with Crippen LogP contribution in [-0.2, 0) is 9.53 Å². The van der Waals surface area contributed by atoms with Gasteiger partial charge in [0.25, 0.3) is 0 Å². The third-order valence-corrected chi connectivity index (χ3v) is 6.19. The van der Waals surface area contributed by atoms with Gasteiger partial charge in [-0.05, 0) is 46.1 Å². The second kappa shape index (κ2) is 6.98. The maximum atomic E-state index is 12.1. The fourth-order valence-corrected chi connectivity index (χ4v) is 5.16. The minimum atomic E-state index is -0.414. The zero-order valence-electron chi connectivity index (χ0n) is 12.2. The SMILES string of the molecule is CCOC(=O)C1(NC)CCC(SC2CCCCC2)C1. The lowest BCUT2D eigenvalue weighted by atomic mass is 9.98. The highest BCUT2D eigenvalue weighted by Gasteiger charge is 2.46. The number of carbonyl (C=O) groups is 1. The van der Waals surface area contributed by atoms with Crippen LogP contribution in [0.1, 0.15) is 58.3 Å². The van der Waals surface area contributed by atoms with Crippen molar-refractivity contribution in [3.05, 3.63) is 0 Å². The standard InChI is InChI=1S/C15H27NO2S/c1-3-18-14(17)15(16-2)10-9-13(11-15)19-12-7-5-4-6-8-12/h12-13,16H,3-11H2,1-2H3. The van der Waals surface area contributed by atoms with Crippen LogP contribution >= 0.6 is 11.8 Å². The molecule has 0 aromatic rings. The number of carbonyl (C=O) groups excluding carboxylic acids is 1. The Morgan fingerprint density at radius 1 is 1.26 bits per heavy atom. The van der Waals surface area contributed by atoms with Gasteiger partial charge in [0.2, 0.25) is 0 Å². The molecule has 0 heterocycles. The average molecular weight is 285 g/mol. The van der Waals surface area contributed by atoms with Crippen molar-refractivity contribution < 1.29 is 9.53 Å². The smallest absolute Gasteiger partial charge is 0.326 e. The number of rotatable bonds is 5. The summed E-state index contributed by atoms with van der Waals surface area (Å²) in [6.07, 6.45) is 9.92. The van der Waals surface area contributed by atoms with Crippen LogP contribution in [-0.4, -0.2) is 35.7 Å². The van der Waals surface area contributed by atoms with Gasteiger partial charge in [-0.1, -0.05) is 19.3 Å². The number of hydrogen-bond acceptors (Lipinski definition) is 4. The van der Waals surface area contributed by atoms with Gasteiger partial charge in [0, 0.05) is 10.5 Å². The Morgan fingerprint density at radius 2 is 2.00 bits per heavy atom. The summed E-state index contributed by atoms with van der Waals surface area (Å²) in [6.45, 7) is 2.35. The van der Waals surface area contributed by atoms with E-state index in [1.807, 2.05) is 14.0 Å². The molecule has 4 heteroatoms. The summed E-state index contributed by atoms with van der Waals surface area (Å²) in [7, 11) is 1.89. The largest absolute Gasteiger partial charge is 0.465 e. The minimum absolute atomic E-state index is 0.0516. The topological polar surface area (TPSA) is 38.3 Å². The van der Waals surface area contributed by atoms with Crippen LogP contribution in [0.15, 0.2) is 0 Å². The molecule has 2 unspecified atom stereocenters. The molecule has 0 aromatic carbocycles. The van der Waals surface area contributed by atoms with Crippen LogP contribution in [0.25, 0.3) is 0 Å². The fraction of sp³-hybridized carbons (Fsp3) is 0.933. The van der Waals surface area contributed by atoms with Crippen molar-refractivity contribution in [1.82, 2.24) is 5.32 Å². The molecule has 19 heavy (non-hydrogen) atoms. The summed E-state index contributed by atoms with van der Waals surface area (Å²) < 4.78 is 5.25. The van der Waals surface area contributed by atoms with E-state index in [0.29, 0.717) is 11.9 Å². The van der Waals surface area contributed by atoms with E-state index in [1.54, 1.807) is 0 Å². The van der Waals surface area contributed by atoms with Gasteiger partial charge in [0.1, 0.15) is 5.54 Å². The first-order chi connectivity index (χ1) is 9.20. The molecule has 2 aliphatic carbocycles. The quantitative estimate of drug-likeness (QED) is 0.788. The van der Waals surface area contributed by atoms with E-state index in [-0.39, 0.29) is 5.97 Å². The van der Waals surface area contributed by atoms with Crippen molar-refractivity contribution in [2.24, 2.45) is 0 Å². The number of ether oxygens (including phenoxy) is 1. The third kappa shape index (κ3) is 3.66. The van der Waals surface area contributed by atoms with E-state index >= 15 is 0 Å². The Morgan fingerprint density at radius 3 is 2.63 bits per heavy atom. The van der Waals surface area contributed by atoms with Crippen LogP contribution in [0.3, 0.4) is 0 Å². The van der Waals surface area contributed by atoms with E-state index in [1.165, 1.54) is 32.1 Å². The first-order valence-electron chi connectivity index (χ1n) is 7.72. The summed E-state index contributed by atoms with van der Waals surface area (Å²) in [5.74, 6) is -0.0516. The molecule has 110 valence electrons. The molecule has 0 radical (unpaired) electrons. The van der Waals surface area contributed by atoms with Crippen LogP contribution in [0, 0.1) is 0 Å². The van der Waals surface area contributed by atoms with Crippen molar-refractivity contribution in [2.45, 2.75) is 74.3 Å². The zero-order valence-corrected chi connectivity index (χ0v) is 13.1. The minimum Gasteiger partial charge on any atom is -0.465 e. The van der Waals surface area contributed by atoms with Gasteiger partial charge in [-0.3, -0.25) is 4.79 Å². The second-order valence-electron chi connectivity index (χ2n) is 5.81. The van der Waals surface area contributed by atoms with E-state index in [9.17, 15) is 4.79 Å². The zero-order chi connectivity index (χ0) is 13.7. The molecule has 2 rings (SSSR count). The number of likely N-dealkylation sites (N-methyl/N-ethyl adjacent to an activating group) is 1. The molecule has 2 fully saturated rings. The molecule has 0 aromatic heterocycles. The van der Waals surface area contributed by atoms with Gasteiger partial charge in [0.05, 0.1) is 6.61 Å². The summed E-state index contributed by atoms with van der Waals surface area (Å²) >= 11 is 2.13. The summed E-state index contributed by atoms with van der Waals surface area (Å²) in [5.41, 5.74) is -0.414. The summed E-state index contributed by atoms with van der Waals surface area (Å²) in [6, 6.07) is 0. The Balaban J connectivity index is 1.87. The molecule has 2 atom stereocenters. The maximum Gasteiger partial charge on any atom is 0.326 e. The average Bonchev–Trinajstić information content (AvgIpc) is 2.85. The lowest BCUT2D eigenvalue weighted by Gasteiger charge is -2.28. The van der Waals surface area contributed by atoms with E-state index in [4.69, 9.17) is 4.74 Å². The Bertz CT molecular complexity index is 305. The fourth-order valence-electron chi connectivity index (χ4n) is 3.37. The van der Waals surface area contributed by atoms with Crippen molar-refractivity contribution in [2.75, 3.05) is 13.7 Å². The number of esters is 1. The number of hydrogen-bond donors (Lipinski definition) is 1. The van der Waals surface area contributed by atoms with Gasteiger partial charge >= 0.3 is 5.97 Å². The molecule has 3 nitrogen and oxygen atoms in total. The number of nitrogens with one attached hydrogen (secondary N) is 1. The summed E-state index contributed by atoms with van der Waals surface area (Å²) in [4.78, 5) is 12.1. The lowest BCUT2D eigenvalue weighted by Crippen LogP contribution is -2.49. The second-order valence-corrected chi connectivity index (χ2v) is 7.42. The lowest BCUT2D eigenvalue weighted by molar-refractivity contribution is -0.150. The monoisotopic (exact) mass is 285 g/mol. The van der Waals surface area contributed by atoms with Crippen molar-refractivity contribution >= 4 is 17.7 Å². The van der Waals surface area contributed by atoms with Crippen molar-refractivity contribution in [1.29, 1.82) is 0 Å². The molecular formula is C15H27NO2S. The highest BCUT2D eigenvalue weighted by atomic mass is 32.2. The molecule has 0 aliphatic heterocycles. The highest BCUT2D eigenvalue weighted by molar-refractivity contribution is 8.00. The van der Waals surface area contributed by atoms with Crippen LogP contribution in [0.2, 0.25) is 0 Å². The van der Waals surface area contributed by atoms with Gasteiger partial charge in [-0.25, -0.2) is 0 Å². The molecule has 1 N–H and O–H groups in total. The van der Waals surface area contributed by atoms with E-state index in [0.717, 1.165) is 24.5 Å². The molecule has 2 aliphatic rings. The van der Waals surface area contributed by atoms with Crippen LogP contribution < -0.4 is 5.32 Å². The molecule has 0 amide bonds. The molecular weight excluding hydrogens is 258 g/mol. The molecule has 0 bridgehead atoms. The third-order valence-electron chi connectivity index (χ3n) is 4.55. The first-order valence-corrected chi connectivity index (χ1v) is 8.66. The van der Waals surface area contributed by atoms with Crippen LogP contribution in [0.4, 0.5) is 0 Å². The van der Waals surface area contributed by atoms with Gasteiger partial charge in [-0.15, -0.1) is 0 Å². The predicted molar refractivity (Wildman–Crippen MR) is 80.5 cm³/mol. The van der Waals surface area contributed by atoms with Gasteiger partial charge in [0.15, 0.2) is 0 Å². The molecule has 2 saturated carbocycles. The normalized spacial score (nSPS) is 32.4. The molecule has 0 spiro atoms. The van der Waals surface area contributed by atoms with Crippen LogP contribution in [0.5, 0.6) is 0 Å². The first kappa shape index (κ1) is 15.2. The van der Waals surface area contributed by atoms with Crippen molar-refractivity contribution in [3.8, 4) is 0 Å². The Labute approximate surface area is 121 Å². The van der Waals surface area contributed by atoms with Crippen molar-refractivity contribution in [3.63, 3.8) is 0 Å². The Hall–Kier alpha value is -0.220. The van der Waals surface area contributed by atoms with Gasteiger partial charge in [-0.2, -0.15) is 11.8 Å². The Kier molecular flexibility index (Phi) is 5.58. The molecule has 0 saturated heterocycles. The summed E-state index contributed by atoms with van der Waals surface area (Å²) in [5, 5.41) is 4.69. The predicted octanol–water partition coefficient (Wildman–Crippen LogP) is 3.13. The maximum absolute atomic E-state index is 12.1.